The molecular weight excluding hydrogens is 354 g/mol. The van der Waals surface area contributed by atoms with Crippen LogP contribution in [0.4, 0.5) is 8.78 Å². The number of hydrogen-bond acceptors (Lipinski definition) is 4. The number of methoxy groups -OCH3 is 1. The average molecular weight is 367 g/mol. The molecule has 0 bridgehead atoms. The Balaban J connectivity index is 2.04. The van der Waals surface area contributed by atoms with Crippen LogP contribution in [0.5, 0.6) is 5.75 Å². The van der Waals surface area contributed by atoms with E-state index in [1.165, 1.54) is 29.8 Å². The summed E-state index contributed by atoms with van der Waals surface area (Å²) in [4.78, 5) is 16.2. The van der Waals surface area contributed by atoms with Crippen LogP contribution in [-0.2, 0) is 11.3 Å². The first-order valence-electron chi connectivity index (χ1n) is 7.24. The molecule has 2 aromatic heterocycles. The molecule has 3 rings (SSSR count). The molecule has 0 amide bonds. The molecule has 8 heteroatoms. The minimum Gasteiger partial charge on any atom is -0.485 e. The molecular formula is C17H13ClF2N2O3. The predicted molar refractivity (Wildman–Crippen MR) is 87.0 cm³/mol. The number of imidazole rings is 1. The maximum Gasteiger partial charge on any atom is 0.356 e. The van der Waals surface area contributed by atoms with Gasteiger partial charge in [-0.3, -0.25) is 4.40 Å². The first-order chi connectivity index (χ1) is 11.9. The van der Waals surface area contributed by atoms with Crippen LogP contribution in [0, 0.1) is 18.6 Å². The molecule has 5 nitrogen and oxygen atoms in total. The second kappa shape index (κ2) is 6.68. The van der Waals surface area contributed by atoms with Gasteiger partial charge in [0.1, 0.15) is 18.2 Å². The fourth-order valence-corrected chi connectivity index (χ4v) is 2.66. The first kappa shape index (κ1) is 17.2. The fraction of sp³-hybridized carbons (Fsp3) is 0.176. The lowest BCUT2D eigenvalue weighted by Crippen LogP contribution is -2.07. The molecule has 0 radical (unpaired) electrons. The molecule has 0 spiro atoms. The number of carbonyl (C=O) groups excluding carboxylic acids is 1. The molecule has 0 saturated carbocycles. The number of fused-ring (bicyclic) bond motifs is 1. The van der Waals surface area contributed by atoms with Crippen molar-refractivity contribution in [2.45, 2.75) is 13.5 Å². The predicted octanol–water partition coefficient (Wildman–Crippen LogP) is 3.94. The van der Waals surface area contributed by atoms with Crippen LogP contribution in [0.1, 0.15) is 21.7 Å². The third kappa shape index (κ3) is 3.15. The number of pyridine rings is 1. The fourth-order valence-electron chi connectivity index (χ4n) is 2.46. The van der Waals surface area contributed by atoms with Gasteiger partial charge in [-0.25, -0.2) is 18.6 Å². The number of aromatic nitrogens is 2. The summed E-state index contributed by atoms with van der Waals surface area (Å²) < 4.78 is 39.2. The Morgan fingerprint density at radius 1 is 1.32 bits per heavy atom. The highest BCUT2D eigenvalue weighted by atomic mass is 35.5. The van der Waals surface area contributed by atoms with Gasteiger partial charge in [0.25, 0.3) is 0 Å². The van der Waals surface area contributed by atoms with Gasteiger partial charge in [0.05, 0.1) is 23.4 Å². The van der Waals surface area contributed by atoms with Crippen LogP contribution < -0.4 is 4.74 Å². The van der Waals surface area contributed by atoms with Crippen LogP contribution in [0.3, 0.4) is 0 Å². The van der Waals surface area contributed by atoms with Crippen molar-refractivity contribution in [3.63, 3.8) is 0 Å². The standard InChI is InChI=1S/C17H13ClF2N2O3/c1-9-15(17(23)24-2)22-7-10(18)6-14(16(22)21-9)25-8-11-12(19)4-3-5-13(11)20/h3-7H,8H2,1-2H3. The molecule has 2 heterocycles. The van der Waals surface area contributed by atoms with E-state index in [-0.39, 0.29) is 28.6 Å². The molecule has 0 fully saturated rings. The summed E-state index contributed by atoms with van der Waals surface area (Å²) >= 11 is 6.07. The maximum absolute atomic E-state index is 13.7. The van der Waals surface area contributed by atoms with Crippen LogP contribution in [0.2, 0.25) is 5.02 Å². The Labute approximate surface area is 146 Å². The number of halogens is 3. The Morgan fingerprint density at radius 3 is 2.64 bits per heavy atom. The zero-order chi connectivity index (χ0) is 18.1. The van der Waals surface area contributed by atoms with Crippen molar-refractivity contribution >= 4 is 23.2 Å². The van der Waals surface area contributed by atoms with Gasteiger partial charge in [0.15, 0.2) is 17.1 Å². The number of ether oxygens (including phenoxy) is 2. The van der Waals surface area contributed by atoms with Crippen molar-refractivity contribution in [3.05, 3.63) is 64.1 Å². The average Bonchev–Trinajstić information content (AvgIpc) is 2.89. The number of benzene rings is 1. The van der Waals surface area contributed by atoms with E-state index in [9.17, 15) is 13.6 Å². The van der Waals surface area contributed by atoms with Crippen molar-refractivity contribution < 1.29 is 23.0 Å². The molecule has 130 valence electrons. The van der Waals surface area contributed by atoms with Crippen molar-refractivity contribution in [2.75, 3.05) is 7.11 Å². The van der Waals surface area contributed by atoms with Crippen LogP contribution in [0.15, 0.2) is 30.5 Å². The van der Waals surface area contributed by atoms with Gasteiger partial charge in [0.2, 0.25) is 0 Å². The van der Waals surface area contributed by atoms with Gasteiger partial charge in [-0.05, 0) is 19.1 Å². The lowest BCUT2D eigenvalue weighted by Gasteiger charge is -2.10. The monoisotopic (exact) mass is 366 g/mol. The van der Waals surface area contributed by atoms with Gasteiger partial charge >= 0.3 is 5.97 Å². The number of esters is 1. The van der Waals surface area contributed by atoms with Gasteiger partial charge in [-0.1, -0.05) is 17.7 Å². The Morgan fingerprint density at radius 2 is 2.00 bits per heavy atom. The van der Waals surface area contributed by atoms with Crippen molar-refractivity contribution in [1.82, 2.24) is 9.38 Å². The van der Waals surface area contributed by atoms with Crippen LogP contribution >= 0.6 is 11.6 Å². The van der Waals surface area contributed by atoms with Crippen molar-refractivity contribution in [1.29, 1.82) is 0 Å². The van der Waals surface area contributed by atoms with E-state index in [1.807, 2.05) is 0 Å². The Hall–Kier alpha value is -2.67. The molecule has 0 atom stereocenters. The summed E-state index contributed by atoms with van der Waals surface area (Å²) in [5, 5.41) is 0.263. The summed E-state index contributed by atoms with van der Waals surface area (Å²) in [5.41, 5.74) is 0.689. The highest BCUT2D eigenvalue weighted by Gasteiger charge is 2.20. The number of aryl methyl sites for hydroxylation is 1. The van der Waals surface area contributed by atoms with Gasteiger partial charge in [-0.15, -0.1) is 0 Å². The summed E-state index contributed by atoms with van der Waals surface area (Å²) in [7, 11) is 1.25. The lowest BCUT2D eigenvalue weighted by atomic mass is 10.2. The summed E-state index contributed by atoms with van der Waals surface area (Å²) in [6.07, 6.45) is 1.49. The molecule has 3 aromatic rings. The van der Waals surface area contributed by atoms with E-state index in [0.717, 1.165) is 12.1 Å². The molecule has 0 saturated heterocycles. The van der Waals surface area contributed by atoms with Crippen LogP contribution in [0.25, 0.3) is 5.65 Å². The van der Waals surface area contributed by atoms with E-state index < -0.39 is 17.6 Å². The Kier molecular flexibility index (Phi) is 4.59. The van der Waals surface area contributed by atoms with Gasteiger partial charge in [-0.2, -0.15) is 0 Å². The quantitative estimate of drug-likeness (QED) is 0.656. The minimum atomic E-state index is -0.715. The van der Waals surface area contributed by atoms with Crippen molar-refractivity contribution in [2.24, 2.45) is 0 Å². The number of nitrogens with zero attached hydrogens (tertiary/aromatic N) is 2. The molecule has 0 unspecified atom stereocenters. The minimum absolute atomic E-state index is 0.188. The number of carbonyl (C=O) groups is 1. The molecule has 25 heavy (non-hydrogen) atoms. The largest absolute Gasteiger partial charge is 0.485 e. The summed E-state index contributed by atoms with van der Waals surface area (Å²) in [5.74, 6) is -1.83. The molecule has 0 N–H and O–H groups in total. The number of rotatable bonds is 4. The van der Waals surface area contributed by atoms with Crippen molar-refractivity contribution in [3.8, 4) is 5.75 Å². The highest BCUT2D eigenvalue weighted by Crippen LogP contribution is 2.28. The summed E-state index contributed by atoms with van der Waals surface area (Å²) in [6.45, 7) is 1.28. The van der Waals surface area contributed by atoms with E-state index >= 15 is 0 Å². The highest BCUT2D eigenvalue weighted by molar-refractivity contribution is 6.30. The second-order valence-electron chi connectivity index (χ2n) is 5.24. The third-order valence-corrected chi connectivity index (χ3v) is 3.85. The van der Waals surface area contributed by atoms with E-state index in [2.05, 4.69) is 4.98 Å². The van der Waals surface area contributed by atoms with E-state index in [4.69, 9.17) is 21.1 Å². The molecule has 0 aliphatic heterocycles. The van der Waals surface area contributed by atoms with Gasteiger partial charge < -0.3 is 9.47 Å². The first-order valence-corrected chi connectivity index (χ1v) is 7.62. The Bertz CT molecular complexity index is 952. The summed E-state index contributed by atoms with van der Waals surface area (Å²) in [6, 6.07) is 5.02. The zero-order valence-electron chi connectivity index (χ0n) is 13.3. The van der Waals surface area contributed by atoms with Crippen LogP contribution in [-0.4, -0.2) is 22.5 Å². The molecule has 1 aromatic carbocycles. The topological polar surface area (TPSA) is 52.8 Å². The normalized spacial score (nSPS) is 10.9. The van der Waals surface area contributed by atoms with E-state index in [1.54, 1.807) is 6.92 Å². The zero-order valence-corrected chi connectivity index (χ0v) is 14.1. The number of hydrogen-bond donors (Lipinski definition) is 0. The smallest absolute Gasteiger partial charge is 0.356 e. The van der Waals surface area contributed by atoms with Gasteiger partial charge in [0, 0.05) is 12.3 Å². The van der Waals surface area contributed by atoms with E-state index in [0.29, 0.717) is 11.3 Å². The second-order valence-corrected chi connectivity index (χ2v) is 5.68. The maximum atomic E-state index is 13.7. The molecule has 0 aliphatic rings. The lowest BCUT2D eigenvalue weighted by molar-refractivity contribution is 0.0592. The third-order valence-electron chi connectivity index (χ3n) is 3.64. The SMILES string of the molecule is COC(=O)c1c(C)nc2c(OCc3c(F)cccc3F)cc(Cl)cn12. The molecule has 0 aliphatic carbocycles.